The minimum Gasteiger partial charge on any atom is -0.379 e. The highest BCUT2D eigenvalue weighted by Gasteiger charge is 2.19. The average molecular weight is 112 g/mol. The number of nitriles is 1. The van der Waals surface area contributed by atoms with Crippen LogP contribution in [-0.2, 0) is 0 Å². The van der Waals surface area contributed by atoms with E-state index in [1.807, 2.05) is 6.07 Å². The predicted molar refractivity (Wildman–Crippen MR) is 26.3 cm³/mol. The molecule has 1 aliphatic rings. The lowest BCUT2D eigenvalue weighted by molar-refractivity contribution is 0.446. The largest absolute Gasteiger partial charge is 0.379 e. The summed E-state index contributed by atoms with van der Waals surface area (Å²) in [5.41, 5.74) is 0. The summed E-state index contributed by atoms with van der Waals surface area (Å²) in [5, 5.41) is 10.7. The second-order valence-corrected chi connectivity index (χ2v) is 1.61. The maximum absolute atomic E-state index is 12.0. The minimum absolute atomic E-state index is 0.216. The Morgan fingerprint density at radius 2 is 2.75 bits per heavy atom. The Balaban J connectivity index is 2.35. The number of hydrogen-bond acceptors (Lipinski definition) is 2. The molecule has 0 spiro atoms. The van der Waals surface area contributed by atoms with Crippen molar-refractivity contribution in [3.05, 3.63) is 12.0 Å². The predicted octanol–water partition coefficient (Wildman–Crippen LogP) is 0.683. The maximum Gasteiger partial charge on any atom is 0.139 e. The topological polar surface area (TPSA) is 35.8 Å². The van der Waals surface area contributed by atoms with E-state index in [1.165, 1.54) is 6.20 Å². The van der Waals surface area contributed by atoms with Crippen LogP contribution in [0.2, 0.25) is 0 Å². The molecule has 1 N–H and O–H groups in total. The summed E-state index contributed by atoms with van der Waals surface area (Å²) >= 11 is 0. The second-order valence-electron chi connectivity index (χ2n) is 1.61. The molecule has 0 aromatic carbocycles. The first-order chi connectivity index (χ1) is 3.84. The molecular weight excluding hydrogens is 107 g/mol. The van der Waals surface area contributed by atoms with Crippen LogP contribution in [0.3, 0.4) is 0 Å². The first-order valence-corrected chi connectivity index (χ1v) is 2.33. The summed E-state index contributed by atoms with van der Waals surface area (Å²) in [6, 6.07) is 1.54. The molecule has 0 aromatic rings. The molecule has 1 rings (SSSR count). The molecule has 0 aromatic heterocycles. The monoisotopic (exact) mass is 112 g/mol. The fourth-order valence-electron chi connectivity index (χ4n) is 0.512. The fraction of sp³-hybridized carbons (Fsp3) is 0.400. The van der Waals surface area contributed by atoms with Gasteiger partial charge < -0.3 is 5.32 Å². The summed E-state index contributed by atoms with van der Waals surface area (Å²) in [7, 11) is 0. The van der Waals surface area contributed by atoms with E-state index >= 15 is 0 Å². The van der Waals surface area contributed by atoms with Crippen molar-refractivity contribution in [2.75, 3.05) is 0 Å². The third-order valence-electron chi connectivity index (χ3n) is 1.05. The van der Waals surface area contributed by atoms with E-state index in [-0.39, 0.29) is 18.3 Å². The Labute approximate surface area is 46.6 Å². The molecule has 1 heterocycles. The summed E-state index contributed by atoms with van der Waals surface area (Å²) in [5.74, 6) is -0.216. The van der Waals surface area contributed by atoms with Crippen molar-refractivity contribution in [1.29, 1.82) is 5.26 Å². The van der Waals surface area contributed by atoms with Gasteiger partial charge in [-0.05, 0) is 0 Å². The molecule has 3 heteroatoms. The molecule has 1 atom stereocenters. The number of nitrogens with one attached hydrogen (secondary N) is 1. The Hall–Kier alpha value is -1.04. The number of nitrogens with zero attached hydrogens (tertiary/aromatic N) is 1. The van der Waals surface area contributed by atoms with Gasteiger partial charge in [0.05, 0.1) is 18.5 Å². The molecule has 0 saturated heterocycles. The van der Waals surface area contributed by atoms with E-state index in [1.54, 1.807) is 0 Å². The molecule has 8 heavy (non-hydrogen) atoms. The quantitative estimate of drug-likeness (QED) is 0.541. The zero-order chi connectivity index (χ0) is 5.98. The van der Waals surface area contributed by atoms with Crippen LogP contribution in [0.5, 0.6) is 0 Å². The van der Waals surface area contributed by atoms with E-state index in [9.17, 15) is 4.39 Å². The van der Waals surface area contributed by atoms with Crippen LogP contribution in [0, 0.1) is 11.3 Å². The standard InChI is InChI=1S/C5H5FN2/c6-4-3-8-5(4)1-2-7/h3,5,8H,1H2/t5-/m0/s1. The number of hydrogen-bond donors (Lipinski definition) is 1. The van der Waals surface area contributed by atoms with Crippen molar-refractivity contribution in [2.45, 2.75) is 12.5 Å². The first kappa shape index (κ1) is 5.10. The van der Waals surface area contributed by atoms with Crippen LogP contribution in [0.1, 0.15) is 6.42 Å². The second kappa shape index (κ2) is 1.83. The smallest absolute Gasteiger partial charge is 0.139 e. The Morgan fingerprint density at radius 3 is 2.88 bits per heavy atom. The Kier molecular flexibility index (Phi) is 1.17. The Bertz CT molecular complexity index is 156. The molecule has 0 bridgehead atoms. The van der Waals surface area contributed by atoms with Crippen molar-refractivity contribution in [3.63, 3.8) is 0 Å². The van der Waals surface area contributed by atoms with Gasteiger partial charge in [-0.25, -0.2) is 4.39 Å². The highest BCUT2D eigenvalue weighted by atomic mass is 19.1. The van der Waals surface area contributed by atoms with E-state index in [0.717, 1.165) is 0 Å². The summed E-state index contributed by atoms with van der Waals surface area (Å²) < 4.78 is 12.0. The molecule has 0 unspecified atom stereocenters. The van der Waals surface area contributed by atoms with Gasteiger partial charge in [0, 0.05) is 6.20 Å². The zero-order valence-electron chi connectivity index (χ0n) is 4.19. The van der Waals surface area contributed by atoms with Crippen LogP contribution in [0.4, 0.5) is 4.39 Å². The van der Waals surface area contributed by atoms with Crippen LogP contribution < -0.4 is 5.32 Å². The van der Waals surface area contributed by atoms with Gasteiger partial charge in [-0.1, -0.05) is 0 Å². The lowest BCUT2D eigenvalue weighted by Gasteiger charge is -2.19. The van der Waals surface area contributed by atoms with Crippen LogP contribution >= 0.6 is 0 Å². The van der Waals surface area contributed by atoms with Crippen molar-refractivity contribution < 1.29 is 4.39 Å². The number of rotatable bonds is 1. The third kappa shape index (κ3) is 0.648. The van der Waals surface area contributed by atoms with Crippen LogP contribution in [-0.4, -0.2) is 6.04 Å². The molecule has 0 aliphatic carbocycles. The van der Waals surface area contributed by atoms with Crippen molar-refractivity contribution >= 4 is 0 Å². The summed E-state index contributed by atoms with van der Waals surface area (Å²) in [6.07, 6.45) is 1.49. The summed E-state index contributed by atoms with van der Waals surface area (Å²) in [6.45, 7) is 0. The van der Waals surface area contributed by atoms with E-state index in [0.29, 0.717) is 0 Å². The van der Waals surface area contributed by atoms with Gasteiger partial charge in [0.1, 0.15) is 5.83 Å². The van der Waals surface area contributed by atoms with E-state index < -0.39 is 0 Å². The molecule has 0 amide bonds. The van der Waals surface area contributed by atoms with Crippen molar-refractivity contribution in [2.24, 2.45) is 0 Å². The highest BCUT2D eigenvalue weighted by Crippen LogP contribution is 2.13. The summed E-state index contributed by atoms with van der Waals surface area (Å²) in [4.78, 5) is 0. The van der Waals surface area contributed by atoms with Gasteiger partial charge in [-0.15, -0.1) is 0 Å². The highest BCUT2D eigenvalue weighted by molar-refractivity contribution is 5.14. The normalized spacial score (nSPS) is 24.5. The lowest BCUT2D eigenvalue weighted by atomic mass is 10.1. The zero-order valence-corrected chi connectivity index (χ0v) is 4.19. The fourth-order valence-corrected chi connectivity index (χ4v) is 0.512. The first-order valence-electron chi connectivity index (χ1n) is 2.33. The van der Waals surface area contributed by atoms with Gasteiger partial charge in [-0.3, -0.25) is 0 Å². The van der Waals surface area contributed by atoms with Gasteiger partial charge in [0.25, 0.3) is 0 Å². The molecule has 0 fully saturated rings. The van der Waals surface area contributed by atoms with Gasteiger partial charge in [0.15, 0.2) is 0 Å². The number of halogens is 1. The van der Waals surface area contributed by atoms with Crippen molar-refractivity contribution in [1.82, 2.24) is 5.32 Å². The maximum atomic E-state index is 12.0. The van der Waals surface area contributed by atoms with E-state index in [2.05, 4.69) is 5.32 Å². The third-order valence-corrected chi connectivity index (χ3v) is 1.05. The molecule has 1 aliphatic heterocycles. The lowest BCUT2D eigenvalue weighted by Crippen LogP contribution is -2.33. The van der Waals surface area contributed by atoms with Crippen LogP contribution in [0.25, 0.3) is 0 Å². The Morgan fingerprint density at radius 1 is 2.00 bits per heavy atom. The van der Waals surface area contributed by atoms with Gasteiger partial charge >= 0.3 is 0 Å². The molecule has 0 saturated carbocycles. The molecular formula is C5H5FN2. The molecule has 2 nitrogen and oxygen atoms in total. The SMILES string of the molecule is N#CC[C@@H]1NC=C1F. The average Bonchev–Trinajstić information content (AvgIpc) is 1.79. The molecule has 42 valence electrons. The minimum atomic E-state index is -0.319. The van der Waals surface area contributed by atoms with Crippen LogP contribution in [0.15, 0.2) is 12.0 Å². The molecule has 0 radical (unpaired) electrons. The van der Waals surface area contributed by atoms with Gasteiger partial charge in [0.2, 0.25) is 0 Å². The van der Waals surface area contributed by atoms with Crippen molar-refractivity contribution in [3.8, 4) is 6.07 Å². The van der Waals surface area contributed by atoms with Gasteiger partial charge in [-0.2, -0.15) is 5.26 Å². The van der Waals surface area contributed by atoms with E-state index in [4.69, 9.17) is 5.26 Å².